The van der Waals surface area contributed by atoms with Gasteiger partial charge in [0.05, 0.1) is 35.6 Å². The molecule has 1 heterocycles. The SMILES string of the molecule is CC(=O)O[C@H]1C(=O)[C@]2(C)[C@H](O)C[C@H]3OC[C@@]3(OC(C)=O)[C@H]2[C@H](OC(=O)c2ccccc2)[C@]2(O)C[C@H](OC(=O)[C@H](O)[C@@H](NC(=O)[C@](C)(Br)[C@@H](C)Br)c3ccccc3)C(C)=C1C2(C)C. The van der Waals surface area contributed by atoms with Crippen molar-refractivity contribution in [2.75, 3.05) is 6.61 Å². The zero-order valence-electron chi connectivity index (χ0n) is 35.7. The summed E-state index contributed by atoms with van der Waals surface area (Å²) in [6, 6.07) is 14.7. The summed E-state index contributed by atoms with van der Waals surface area (Å²) < 4.78 is 29.1. The molecule has 13 atom stereocenters. The summed E-state index contributed by atoms with van der Waals surface area (Å²) in [4.78, 5) is 83.3. The summed E-state index contributed by atoms with van der Waals surface area (Å²) in [7, 11) is 0. The molecule has 1 aliphatic heterocycles. The van der Waals surface area contributed by atoms with Crippen molar-refractivity contribution in [3.63, 3.8) is 0 Å². The molecular weight excluding hydrogens is 938 g/mol. The molecule has 336 valence electrons. The lowest BCUT2D eigenvalue weighted by molar-refractivity contribution is -0.346. The Morgan fingerprint density at radius 1 is 0.952 bits per heavy atom. The predicted molar refractivity (Wildman–Crippen MR) is 228 cm³/mol. The Labute approximate surface area is 376 Å². The number of aliphatic hydroxyl groups is 3. The third-order valence-electron chi connectivity index (χ3n) is 13.6. The average Bonchev–Trinajstić information content (AvgIpc) is 3.20. The lowest BCUT2D eigenvalue weighted by Gasteiger charge is -2.67. The van der Waals surface area contributed by atoms with Gasteiger partial charge in [0.1, 0.15) is 28.2 Å². The minimum Gasteiger partial charge on any atom is -0.456 e. The second-order valence-corrected chi connectivity index (χ2v) is 20.7. The summed E-state index contributed by atoms with van der Waals surface area (Å²) in [6.45, 7) is 11.3. The summed E-state index contributed by atoms with van der Waals surface area (Å²) in [6.07, 6.45) is -10.5. The second kappa shape index (κ2) is 17.2. The number of aliphatic hydroxyl groups excluding tert-OH is 2. The molecule has 4 N–H and O–H groups in total. The number of ether oxygens (including phenoxy) is 5. The third kappa shape index (κ3) is 7.84. The van der Waals surface area contributed by atoms with Crippen molar-refractivity contribution in [2.45, 2.75) is 131 Å². The zero-order valence-corrected chi connectivity index (χ0v) is 38.9. The van der Waals surface area contributed by atoms with Gasteiger partial charge in [-0.3, -0.25) is 19.2 Å². The fourth-order valence-corrected chi connectivity index (χ4v) is 10.2. The van der Waals surface area contributed by atoms with Crippen molar-refractivity contribution in [1.29, 1.82) is 0 Å². The van der Waals surface area contributed by atoms with Gasteiger partial charge in [0.25, 0.3) is 0 Å². The number of carbonyl (C=O) groups excluding carboxylic acids is 6. The van der Waals surface area contributed by atoms with Crippen LogP contribution in [0.4, 0.5) is 0 Å². The monoisotopic (exact) mass is 989 g/mol. The Kier molecular flexibility index (Phi) is 13.2. The molecule has 3 aliphatic carbocycles. The van der Waals surface area contributed by atoms with E-state index in [9.17, 15) is 39.3 Å². The number of fused-ring (bicyclic) bond motifs is 5. The lowest BCUT2D eigenvalue weighted by atomic mass is 9.44. The number of benzene rings is 2. The average molecular weight is 992 g/mol. The normalized spacial score (nSPS) is 33.5. The number of carbonyl (C=O) groups is 6. The number of amides is 1. The van der Waals surface area contributed by atoms with Crippen LogP contribution in [-0.4, -0.2) is 114 Å². The Balaban J connectivity index is 1.54. The van der Waals surface area contributed by atoms with Gasteiger partial charge in [-0.05, 0) is 49.6 Å². The maximum atomic E-state index is 15.5. The number of nitrogens with one attached hydrogen (secondary N) is 1. The Hall–Kier alpha value is -4.00. The first-order valence-electron chi connectivity index (χ1n) is 20.3. The van der Waals surface area contributed by atoms with E-state index in [1.165, 1.54) is 26.0 Å². The minimum absolute atomic E-state index is 0.00540. The fraction of sp³-hybridized carbons (Fsp3) is 0.556. The van der Waals surface area contributed by atoms with E-state index in [1.54, 1.807) is 76.2 Å². The van der Waals surface area contributed by atoms with Crippen molar-refractivity contribution in [1.82, 2.24) is 5.32 Å². The van der Waals surface area contributed by atoms with Gasteiger partial charge in [0.15, 0.2) is 23.6 Å². The van der Waals surface area contributed by atoms with E-state index in [4.69, 9.17) is 23.7 Å². The van der Waals surface area contributed by atoms with Crippen LogP contribution in [0.3, 0.4) is 0 Å². The largest absolute Gasteiger partial charge is 0.456 e. The Bertz CT molecular complexity index is 2140. The highest BCUT2D eigenvalue weighted by Gasteiger charge is 2.78. The van der Waals surface area contributed by atoms with Crippen molar-refractivity contribution in [2.24, 2.45) is 16.7 Å². The van der Waals surface area contributed by atoms with Gasteiger partial charge < -0.3 is 44.3 Å². The van der Waals surface area contributed by atoms with Gasteiger partial charge in [0, 0.05) is 36.9 Å². The number of hydrogen-bond donors (Lipinski definition) is 4. The predicted octanol–water partition coefficient (Wildman–Crippen LogP) is 4.36. The molecule has 15 nitrogen and oxygen atoms in total. The van der Waals surface area contributed by atoms with Crippen molar-refractivity contribution >= 4 is 67.4 Å². The van der Waals surface area contributed by atoms with E-state index in [0.717, 1.165) is 13.8 Å². The molecule has 1 saturated heterocycles. The van der Waals surface area contributed by atoms with E-state index >= 15 is 4.79 Å². The molecule has 2 saturated carbocycles. The van der Waals surface area contributed by atoms with Gasteiger partial charge in [0.2, 0.25) is 5.91 Å². The molecule has 0 unspecified atom stereocenters. The van der Waals surface area contributed by atoms with Crippen LogP contribution < -0.4 is 5.32 Å². The maximum absolute atomic E-state index is 15.5. The van der Waals surface area contributed by atoms with E-state index < -0.39 is 122 Å². The molecule has 2 aromatic rings. The smallest absolute Gasteiger partial charge is 0.338 e. The van der Waals surface area contributed by atoms with E-state index in [1.807, 2.05) is 0 Å². The fourth-order valence-electron chi connectivity index (χ4n) is 9.83. The molecule has 17 heteroatoms. The molecule has 62 heavy (non-hydrogen) atoms. The van der Waals surface area contributed by atoms with Gasteiger partial charge in [-0.25, -0.2) is 9.59 Å². The highest BCUT2D eigenvalue weighted by molar-refractivity contribution is 9.12. The third-order valence-corrected chi connectivity index (χ3v) is 16.2. The quantitative estimate of drug-likeness (QED) is 0.106. The first-order chi connectivity index (χ1) is 28.9. The topological polar surface area (TPSA) is 221 Å². The highest BCUT2D eigenvalue weighted by Crippen LogP contribution is 2.64. The molecule has 4 aliphatic rings. The van der Waals surface area contributed by atoms with Crippen LogP contribution in [0, 0.1) is 16.7 Å². The number of ketones is 1. The van der Waals surface area contributed by atoms with Crippen LogP contribution in [-0.2, 0) is 47.7 Å². The summed E-state index contributed by atoms with van der Waals surface area (Å²) in [5, 5.41) is 40.3. The van der Waals surface area contributed by atoms with Crippen molar-refractivity contribution in [3.05, 3.63) is 82.9 Å². The highest BCUT2D eigenvalue weighted by atomic mass is 79.9. The second-order valence-electron chi connectivity index (χ2n) is 17.7. The minimum atomic E-state index is -2.39. The number of esters is 4. The molecular formula is C45H53Br2NO14. The number of Topliss-reactive ketones (excluding diaryl/α,β-unsaturated/α-hetero) is 1. The van der Waals surface area contributed by atoms with Crippen LogP contribution in [0.15, 0.2) is 71.8 Å². The summed E-state index contributed by atoms with van der Waals surface area (Å²) in [5.41, 5.74) is -7.30. The zero-order chi connectivity index (χ0) is 45.9. The van der Waals surface area contributed by atoms with Gasteiger partial charge >= 0.3 is 23.9 Å². The Morgan fingerprint density at radius 2 is 1.55 bits per heavy atom. The Morgan fingerprint density at radius 3 is 2.08 bits per heavy atom. The first kappa shape index (κ1) is 47.5. The molecule has 2 aromatic carbocycles. The van der Waals surface area contributed by atoms with E-state index in [-0.39, 0.29) is 29.7 Å². The van der Waals surface area contributed by atoms with E-state index in [2.05, 4.69) is 37.2 Å². The molecule has 0 radical (unpaired) electrons. The van der Waals surface area contributed by atoms with Crippen LogP contribution in [0.25, 0.3) is 0 Å². The molecule has 0 aromatic heterocycles. The van der Waals surface area contributed by atoms with Crippen LogP contribution in [0.5, 0.6) is 0 Å². The molecule has 1 amide bonds. The molecule has 3 fully saturated rings. The van der Waals surface area contributed by atoms with Crippen LogP contribution in [0.1, 0.15) is 90.2 Å². The standard InChI is InChI=1S/C45H53Br2NO14/c1-22-28(60-39(55)33(52)32(26-15-11-9-12-16-26)48-40(56)43(8,47)23(2)46)20-45(57)37(61-38(54)27-17-13-10-14-18-27)35-42(7,29(51)19-30-44(35,21-58-30)62-25(4)50)36(53)34(59-24(3)49)31(22)41(45,5)6/h9-18,23,28-30,32-35,37,51-52,57H,19-21H2,1-8H3,(H,48,56)/t23-,28+,29-,30-,32+,33-,34-,35+,37+,42-,43-,44+,45-/m1/s1. The summed E-state index contributed by atoms with van der Waals surface area (Å²) in [5.74, 6) is -6.83. The maximum Gasteiger partial charge on any atom is 0.338 e. The van der Waals surface area contributed by atoms with Gasteiger partial charge in [-0.1, -0.05) is 101 Å². The number of hydrogen-bond acceptors (Lipinski definition) is 14. The van der Waals surface area contributed by atoms with Gasteiger partial charge in [-0.15, -0.1) is 0 Å². The molecule has 0 spiro atoms. The van der Waals surface area contributed by atoms with Gasteiger partial charge in [-0.2, -0.15) is 0 Å². The van der Waals surface area contributed by atoms with Crippen molar-refractivity contribution in [3.8, 4) is 0 Å². The lowest BCUT2D eigenvalue weighted by Crippen LogP contribution is -2.82. The summed E-state index contributed by atoms with van der Waals surface area (Å²) >= 11 is 6.85. The van der Waals surface area contributed by atoms with E-state index in [0.29, 0.717) is 5.56 Å². The van der Waals surface area contributed by atoms with Crippen LogP contribution >= 0.6 is 31.9 Å². The number of alkyl halides is 2. The number of rotatable bonds is 11. The molecule has 6 rings (SSSR count). The number of halogens is 2. The molecule has 2 bridgehead atoms. The first-order valence-corrected chi connectivity index (χ1v) is 22.0. The van der Waals surface area contributed by atoms with Crippen LogP contribution in [0.2, 0.25) is 0 Å². The van der Waals surface area contributed by atoms with Crippen molar-refractivity contribution < 1.29 is 67.8 Å².